The van der Waals surface area contributed by atoms with E-state index >= 15 is 0 Å². The molecule has 0 heterocycles. The van der Waals surface area contributed by atoms with E-state index in [9.17, 15) is 0 Å². The van der Waals surface area contributed by atoms with Crippen LogP contribution in [0, 0.1) is 0 Å². The van der Waals surface area contributed by atoms with Gasteiger partial charge in [0.2, 0.25) is 0 Å². The van der Waals surface area contributed by atoms with Crippen molar-refractivity contribution in [1.82, 2.24) is 4.90 Å². The maximum absolute atomic E-state index is 8.43. The third-order valence-corrected chi connectivity index (χ3v) is 1.31. The zero-order valence-electron chi connectivity index (χ0n) is 6.04. The maximum atomic E-state index is 8.43. The predicted molar refractivity (Wildman–Crippen MR) is 36.0 cm³/mol. The van der Waals surface area contributed by atoms with Crippen LogP contribution in [0.15, 0.2) is 0 Å². The zero-order chi connectivity index (χ0) is 7.28. The number of rotatable bonds is 4. The van der Waals surface area contributed by atoms with E-state index in [1.54, 1.807) is 0 Å². The molecule has 0 rings (SSSR count). The summed E-state index contributed by atoms with van der Waals surface area (Å²) in [6, 6.07) is 0. The minimum Gasteiger partial charge on any atom is -0.368 e. The topological polar surface area (TPSA) is 43.7 Å². The minimum atomic E-state index is -1.15. The van der Waals surface area contributed by atoms with Crippen LogP contribution in [0.25, 0.3) is 0 Å². The molecule has 0 aromatic carbocycles. The van der Waals surface area contributed by atoms with E-state index in [0.29, 0.717) is 6.42 Å². The van der Waals surface area contributed by atoms with E-state index < -0.39 is 6.29 Å². The number of hydrogen-bond acceptors (Lipinski definition) is 3. The van der Waals surface area contributed by atoms with E-state index in [1.165, 1.54) is 0 Å². The van der Waals surface area contributed by atoms with Crippen molar-refractivity contribution in [3.63, 3.8) is 0 Å². The van der Waals surface area contributed by atoms with Crippen LogP contribution in [-0.2, 0) is 0 Å². The summed E-state index contributed by atoms with van der Waals surface area (Å²) in [5.41, 5.74) is 0. The van der Waals surface area contributed by atoms with Crippen molar-refractivity contribution in [3.8, 4) is 0 Å². The van der Waals surface area contributed by atoms with Gasteiger partial charge in [0.05, 0.1) is 0 Å². The second-order valence-corrected chi connectivity index (χ2v) is 2.17. The first kappa shape index (κ1) is 8.88. The number of hydrogen-bond donors (Lipinski definition) is 2. The van der Waals surface area contributed by atoms with Crippen molar-refractivity contribution < 1.29 is 10.2 Å². The Hall–Kier alpha value is -0.120. The molecule has 0 amide bonds. The van der Waals surface area contributed by atoms with Crippen molar-refractivity contribution in [2.75, 3.05) is 20.1 Å². The molecule has 0 radical (unpaired) electrons. The Morgan fingerprint density at radius 3 is 2.33 bits per heavy atom. The fourth-order valence-corrected chi connectivity index (χ4v) is 0.494. The number of aliphatic hydroxyl groups is 2. The Labute approximate surface area is 55.9 Å². The normalized spacial score (nSPS) is 11.3. The molecule has 9 heavy (non-hydrogen) atoms. The molecular weight excluding hydrogens is 118 g/mol. The molecule has 0 aliphatic rings. The minimum absolute atomic E-state index is 0.435. The molecule has 0 saturated carbocycles. The van der Waals surface area contributed by atoms with Crippen LogP contribution in [0.3, 0.4) is 0 Å². The van der Waals surface area contributed by atoms with Gasteiger partial charge in [0, 0.05) is 13.0 Å². The molecule has 0 bridgehead atoms. The lowest BCUT2D eigenvalue weighted by molar-refractivity contribution is -0.0490. The average molecular weight is 133 g/mol. The molecule has 0 aromatic rings. The first-order valence-corrected chi connectivity index (χ1v) is 3.21. The van der Waals surface area contributed by atoms with E-state index in [-0.39, 0.29) is 0 Å². The summed E-state index contributed by atoms with van der Waals surface area (Å²) in [7, 11) is 1.95. The van der Waals surface area contributed by atoms with Gasteiger partial charge in [-0.05, 0) is 13.6 Å². The molecule has 3 nitrogen and oxygen atoms in total. The quantitative estimate of drug-likeness (QED) is 0.515. The summed E-state index contributed by atoms with van der Waals surface area (Å²) in [5, 5.41) is 16.9. The summed E-state index contributed by atoms with van der Waals surface area (Å²) in [6.07, 6.45) is -0.719. The lowest BCUT2D eigenvalue weighted by Crippen LogP contribution is -2.22. The standard InChI is InChI=1S/C6H15NO2/c1-3-7(2)5-4-6(8)9/h6,8-9H,3-5H2,1-2H3. The van der Waals surface area contributed by atoms with Crippen molar-refractivity contribution >= 4 is 0 Å². The molecule has 0 aromatic heterocycles. The van der Waals surface area contributed by atoms with E-state index in [2.05, 4.69) is 0 Å². The lowest BCUT2D eigenvalue weighted by atomic mass is 10.4. The van der Waals surface area contributed by atoms with E-state index in [0.717, 1.165) is 13.1 Å². The molecule has 0 saturated heterocycles. The fourth-order valence-electron chi connectivity index (χ4n) is 0.494. The molecule has 0 aliphatic heterocycles. The van der Waals surface area contributed by atoms with Gasteiger partial charge >= 0.3 is 0 Å². The highest BCUT2D eigenvalue weighted by Gasteiger charge is 1.98. The Balaban J connectivity index is 3.06. The molecule has 0 unspecified atom stereocenters. The summed E-state index contributed by atoms with van der Waals surface area (Å²) in [4.78, 5) is 2.03. The van der Waals surface area contributed by atoms with Gasteiger partial charge in [0.15, 0.2) is 6.29 Å². The predicted octanol–water partition coefficient (Wildman–Crippen LogP) is -0.361. The summed E-state index contributed by atoms with van der Waals surface area (Å²) >= 11 is 0. The van der Waals surface area contributed by atoms with Gasteiger partial charge in [-0.15, -0.1) is 0 Å². The van der Waals surface area contributed by atoms with Crippen molar-refractivity contribution in [3.05, 3.63) is 0 Å². The van der Waals surface area contributed by atoms with Crippen LogP contribution >= 0.6 is 0 Å². The Morgan fingerprint density at radius 2 is 2.00 bits per heavy atom. The lowest BCUT2D eigenvalue weighted by Gasteiger charge is -2.13. The molecule has 0 spiro atoms. The first-order chi connectivity index (χ1) is 4.16. The third-order valence-electron chi connectivity index (χ3n) is 1.31. The molecule has 3 heteroatoms. The first-order valence-electron chi connectivity index (χ1n) is 3.21. The van der Waals surface area contributed by atoms with Crippen LogP contribution < -0.4 is 0 Å². The molecule has 2 N–H and O–H groups in total. The third kappa shape index (κ3) is 5.76. The zero-order valence-corrected chi connectivity index (χ0v) is 6.04. The molecule has 56 valence electrons. The van der Waals surface area contributed by atoms with Gasteiger partial charge in [-0.25, -0.2) is 0 Å². The van der Waals surface area contributed by atoms with Crippen molar-refractivity contribution in [1.29, 1.82) is 0 Å². The smallest absolute Gasteiger partial charge is 0.152 e. The monoisotopic (exact) mass is 133 g/mol. The van der Waals surface area contributed by atoms with E-state index in [4.69, 9.17) is 10.2 Å². The summed E-state index contributed by atoms with van der Waals surface area (Å²) in [6.45, 7) is 3.73. The highest BCUT2D eigenvalue weighted by Crippen LogP contribution is 1.89. The van der Waals surface area contributed by atoms with Gasteiger partial charge in [-0.1, -0.05) is 6.92 Å². The van der Waals surface area contributed by atoms with Gasteiger partial charge in [-0.2, -0.15) is 0 Å². The van der Waals surface area contributed by atoms with Gasteiger partial charge in [0.1, 0.15) is 0 Å². The Morgan fingerprint density at radius 1 is 1.44 bits per heavy atom. The van der Waals surface area contributed by atoms with Gasteiger partial charge in [-0.3, -0.25) is 0 Å². The Bertz CT molecular complexity index is 66.1. The molecule has 0 atom stereocenters. The van der Waals surface area contributed by atoms with Crippen LogP contribution in [-0.4, -0.2) is 41.5 Å². The average Bonchev–Trinajstić information content (AvgIpc) is 1.83. The van der Waals surface area contributed by atoms with Crippen LogP contribution in [0.1, 0.15) is 13.3 Å². The second kappa shape index (κ2) is 4.73. The molecular formula is C6H15NO2. The van der Waals surface area contributed by atoms with Crippen LogP contribution in [0.2, 0.25) is 0 Å². The van der Waals surface area contributed by atoms with Crippen LogP contribution in [0.4, 0.5) is 0 Å². The Kier molecular flexibility index (Phi) is 4.67. The SMILES string of the molecule is CCN(C)CCC(O)O. The van der Waals surface area contributed by atoms with E-state index in [1.807, 2.05) is 18.9 Å². The van der Waals surface area contributed by atoms with Crippen molar-refractivity contribution in [2.24, 2.45) is 0 Å². The summed E-state index contributed by atoms with van der Waals surface area (Å²) in [5.74, 6) is 0. The largest absolute Gasteiger partial charge is 0.368 e. The number of aliphatic hydroxyl groups excluding tert-OH is 1. The van der Waals surface area contributed by atoms with Crippen LogP contribution in [0.5, 0.6) is 0 Å². The van der Waals surface area contributed by atoms with Gasteiger partial charge < -0.3 is 15.1 Å². The molecule has 0 fully saturated rings. The van der Waals surface area contributed by atoms with Crippen molar-refractivity contribution in [2.45, 2.75) is 19.6 Å². The second-order valence-electron chi connectivity index (χ2n) is 2.17. The summed E-state index contributed by atoms with van der Waals surface area (Å²) < 4.78 is 0. The maximum Gasteiger partial charge on any atom is 0.152 e. The fraction of sp³-hybridized carbons (Fsp3) is 1.00. The number of nitrogens with zero attached hydrogens (tertiary/aromatic N) is 1. The highest BCUT2D eigenvalue weighted by molar-refractivity contribution is 4.47. The molecule has 0 aliphatic carbocycles. The highest BCUT2D eigenvalue weighted by atomic mass is 16.5. The van der Waals surface area contributed by atoms with Gasteiger partial charge in [0.25, 0.3) is 0 Å².